The fourth-order valence-electron chi connectivity index (χ4n) is 2.42. The van der Waals surface area contributed by atoms with Crippen LogP contribution in [0.2, 0.25) is 0 Å². The van der Waals surface area contributed by atoms with Crippen molar-refractivity contribution in [1.82, 2.24) is 10.2 Å². The van der Waals surface area contributed by atoms with Gasteiger partial charge >= 0.3 is 0 Å². The number of hydrogen-bond donors (Lipinski definition) is 2. The predicted octanol–water partition coefficient (Wildman–Crippen LogP) is 0.915. The summed E-state index contributed by atoms with van der Waals surface area (Å²) in [5.41, 5.74) is 7.17. The summed E-state index contributed by atoms with van der Waals surface area (Å²) in [5.74, 6) is 0.0784. The molecule has 0 radical (unpaired) electrons. The van der Waals surface area contributed by atoms with E-state index in [1.54, 1.807) is 0 Å². The Morgan fingerprint density at radius 1 is 1.29 bits per heavy atom. The SMILES string of the molecule is NC(CCC(=O)NCCN1CCOCC1)c1ccccc1. The third-order valence-electron chi connectivity index (χ3n) is 3.76. The molecule has 1 heterocycles. The summed E-state index contributed by atoms with van der Waals surface area (Å²) in [4.78, 5) is 14.1. The van der Waals surface area contributed by atoms with Crippen LogP contribution in [0.3, 0.4) is 0 Å². The molecule has 116 valence electrons. The van der Waals surface area contributed by atoms with Crippen LogP contribution in [0.15, 0.2) is 30.3 Å². The zero-order valence-electron chi connectivity index (χ0n) is 12.5. The van der Waals surface area contributed by atoms with Gasteiger partial charge in [-0.15, -0.1) is 0 Å². The molecule has 3 N–H and O–H groups in total. The van der Waals surface area contributed by atoms with E-state index in [1.807, 2.05) is 30.3 Å². The van der Waals surface area contributed by atoms with Crippen LogP contribution in [-0.4, -0.2) is 50.2 Å². The third-order valence-corrected chi connectivity index (χ3v) is 3.76. The van der Waals surface area contributed by atoms with Crippen molar-refractivity contribution < 1.29 is 9.53 Å². The van der Waals surface area contributed by atoms with Gasteiger partial charge in [-0.25, -0.2) is 0 Å². The molecule has 5 nitrogen and oxygen atoms in total. The van der Waals surface area contributed by atoms with Crippen LogP contribution in [0.4, 0.5) is 0 Å². The van der Waals surface area contributed by atoms with Gasteiger partial charge in [0.1, 0.15) is 0 Å². The Bertz CT molecular complexity index is 419. The van der Waals surface area contributed by atoms with Crippen molar-refractivity contribution in [3.63, 3.8) is 0 Å². The maximum atomic E-state index is 11.8. The lowest BCUT2D eigenvalue weighted by Crippen LogP contribution is -2.41. The van der Waals surface area contributed by atoms with Crippen LogP contribution in [0.5, 0.6) is 0 Å². The summed E-state index contributed by atoms with van der Waals surface area (Å²) in [6, 6.07) is 9.84. The fraction of sp³-hybridized carbons (Fsp3) is 0.562. The van der Waals surface area contributed by atoms with Gasteiger partial charge in [0.05, 0.1) is 13.2 Å². The molecule has 1 aromatic carbocycles. The van der Waals surface area contributed by atoms with Crippen LogP contribution < -0.4 is 11.1 Å². The summed E-state index contributed by atoms with van der Waals surface area (Å²) in [7, 11) is 0. The first-order chi connectivity index (χ1) is 10.3. The molecule has 0 spiro atoms. The minimum absolute atomic E-state index is 0.0730. The Morgan fingerprint density at radius 2 is 2.00 bits per heavy atom. The molecular formula is C16H25N3O2. The lowest BCUT2D eigenvalue weighted by molar-refractivity contribution is -0.121. The molecule has 5 heteroatoms. The quantitative estimate of drug-likeness (QED) is 0.784. The number of benzene rings is 1. The largest absolute Gasteiger partial charge is 0.379 e. The topological polar surface area (TPSA) is 67.6 Å². The van der Waals surface area contributed by atoms with Gasteiger partial charge in [-0.05, 0) is 12.0 Å². The van der Waals surface area contributed by atoms with Crippen LogP contribution in [-0.2, 0) is 9.53 Å². The zero-order valence-corrected chi connectivity index (χ0v) is 12.5. The van der Waals surface area contributed by atoms with E-state index in [4.69, 9.17) is 10.5 Å². The van der Waals surface area contributed by atoms with Crippen LogP contribution in [0.1, 0.15) is 24.4 Å². The molecule has 1 unspecified atom stereocenters. The molecule has 1 saturated heterocycles. The van der Waals surface area contributed by atoms with Crippen molar-refractivity contribution in [1.29, 1.82) is 0 Å². The summed E-state index contributed by atoms with van der Waals surface area (Å²) in [5, 5.41) is 2.96. The number of nitrogens with zero attached hydrogens (tertiary/aromatic N) is 1. The number of morpholine rings is 1. The predicted molar refractivity (Wildman–Crippen MR) is 82.9 cm³/mol. The Labute approximate surface area is 126 Å². The van der Waals surface area contributed by atoms with E-state index in [1.165, 1.54) is 0 Å². The fourth-order valence-corrected chi connectivity index (χ4v) is 2.42. The molecule has 1 aliphatic heterocycles. The lowest BCUT2D eigenvalue weighted by Gasteiger charge is -2.26. The second-order valence-electron chi connectivity index (χ2n) is 5.36. The number of carbonyl (C=O) groups excluding carboxylic acids is 1. The highest BCUT2D eigenvalue weighted by Crippen LogP contribution is 2.14. The van der Waals surface area contributed by atoms with E-state index in [0.717, 1.165) is 38.4 Å². The van der Waals surface area contributed by atoms with Gasteiger partial charge in [0.25, 0.3) is 0 Å². The highest BCUT2D eigenvalue weighted by atomic mass is 16.5. The van der Waals surface area contributed by atoms with Crippen molar-refractivity contribution >= 4 is 5.91 Å². The van der Waals surface area contributed by atoms with E-state index in [2.05, 4.69) is 10.2 Å². The first-order valence-corrected chi connectivity index (χ1v) is 7.63. The molecule has 0 aliphatic carbocycles. The monoisotopic (exact) mass is 291 g/mol. The lowest BCUT2D eigenvalue weighted by atomic mass is 10.0. The molecule has 1 amide bonds. The van der Waals surface area contributed by atoms with Gasteiger partial charge in [-0.3, -0.25) is 9.69 Å². The highest BCUT2D eigenvalue weighted by Gasteiger charge is 2.11. The van der Waals surface area contributed by atoms with Crippen molar-refractivity contribution in [3.05, 3.63) is 35.9 Å². The Balaban J connectivity index is 1.59. The number of carbonyl (C=O) groups is 1. The maximum Gasteiger partial charge on any atom is 0.220 e. The highest BCUT2D eigenvalue weighted by molar-refractivity contribution is 5.75. The third kappa shape index (κ3) is 5.83. The van der Waals surface area contributed by atoms with E-state index in [-0.39, 0.29) is 11.9 Å². The first-order valence-electron chi connectivity index (χ1n) is 7.63. The number of amides is 1. The van der Waals surface area contributed by atoms with E-state index in [0.29, 0.717) is 19.4 Å². The van der Waals surface area contributed by atoms with Crippen molar-refractivity contribution in [2.24, 2.45) is 5.73 Å². The van der Waals surface area contributed by atoms with Gasteiger partial charge in [-0.1, -0.05) is 30.3 Å². The summed E-state index contributed by atoms with van der Waals surface area (Å²) in [6.45, 7) is 5.07. The number of hydrogen-bond acceptors (Lipinski definition) is 4. The first kappa shape index (κ1) is 15.9. The maximum absolute atomic E-state index is 11.8. The molecule has 0 saturated carbocycles. The van der Waals surface area contributed by atoms with Gasteiger partial charge in [-0.2, -0.15) is 0 Å². The standard InChI is InChI=1S/C16H25N3O2/c17-15(14-4-2-1-3-5-14)6-7-16(20)18-8-9-19-10-12-21-13-11-19/h1-5,15H,6-13,17H2,(H,18,20). The Morgan fingerprint density at radius 3 is 2.71 bits per heavy atom. The molecule has 21 heavy (non-hydrogen) atoms. The number of rotatable bonds is 7. The minimum atomic E-state index is -0.0730. The van der Waals surface area contributed by atoms with Crippen LogP contribution in [0, 0.1) is 0 Å². The Hall–Kier alpha value is -1.43. The number of nitrogens with one attached hydrogen (secondary N) is 1. The molecule has 0 bridgehead atoms. The van der Waals surface area contributed by atoms with E-state index < -0.39 is 0 Å². The molecule has 1 atom stereocenters. The van der Waals surface area contributed by atoms with Crippen LogP contribution in [0.25, 0.3) is 0 Å². The zero-order chi connectivity index (χ0) is 14.9. The molecule has 2 rings (SSSR count). The molecule has 0 aromatic heterocycles. The number of nitrogens with two attached hydrogens (primary N) is 1. The summed E-state index contributed by atoms with van der Waals surface area (Å²) in [6.07, 6.45) is 1.15. The average Bonchev–Trinajstić information content (AvgIpc) is 2.54. The number of ether oxygens (including phenoxy) is 1. The van der Waals surface area contributed by atoms with Gasteiger partial charge < -0.3 is 15.8 Å². The molecule has 1 aliphatic rings. The van der Waals surface area contributed by atoms with Crippen LogP contribution >= 0.6 is 0 Å². The van der Waals surface area contributed by atoms with E-state index in [9.17, 15) is 4.79 Å². The molecule has 1 fully saturated rings. The average molecular weight is 291 g/mol. The van der Waals surface area contributed by atoms with Gasteiger partial charge in [0.15, 0.2) is 0 Å². The van der Waals surface area contributed by atoms with Gasteiger partial charge in [0.2, 0.25) is 5.91 Å². The minimum Gasteiger partial charge on any atom is -0.379 e. The Kier molecular flexibility index (Phi) is 6.66. The van der Waals surface area contributed by atoms with Gasteiger partial charge in [0, 0.05) is 38.6 Å². The smallest absolute Gasteiger partial charge is 0.220 e. The molecular weight excluding hydrogens is 266 g/mol. The van der Waals surface area contributed by atoms with Crippen molar-refractivity contribution in [2.45, 2.75) is 18.9 Å². The molecule has 1 aromatic rings. The summed E-state index contributed by atoms with van der Waals surface area (Å²) < 4.78 is 5.29. The normalized spacial score (nSPS) is 17.4. The van der Waals surface area contributed by atoms with E-state index >= 15 is 0 Å². The van der Waals surface area contributed by atoms with Crippen molar-refractivity contribution in [3.8, 4) is 0 Å². The summed E-state index contributed by atoms with van der Waals surface area (Å²) >= 11 is 0. The second-order valence-corrected chi connectivity index (χ2v) is 5.36. The second kappa shape index (κ2) is 8.77. The van der Waals surface area contributed by atoms with Crippen molar-refractivity contribution in [2.75, 3.05) is 39.4 Å².